The summed E-state index contributed by atoms with van der Waals surface area (Å²) in [5.74, 6) is 1.29. The van der Waals surface area contributed by atoms with Crippen LogP contribution in [0, 0.1) is 0 Å². The van der Waals surface area contributed by atoms with Gasteiger partial charge in [0.1, 0.15) is 5.54 Å². The standard InChI is InChI=1S/C16H24N2O5/c1-18(15(19)16(17)5-7-23-8-6-16)11-9-12(20-2)14(22-4)13(10-11)21-3/h9-10H,5-8,17H2,1-4H3. The summed E-state index contributed by atoms with van der Waals surface area (Å²) in [6, 6.07) is 3.45. The van der Waals surface area contributed by atoms with Gasteiger partial charge in [0.05, 0.1) is 27.0 Å². The first-order valence-electron chi connectivity index (χ1n) is 7.41. The summed E-state index contributed by atoms with van der Waals surface area (Å²) in [6.45, 7) is 0.983. The van der Waals surface area contributed by atoms with Gasteiger partial charge in [0.2, 0.25) is 11.7 Å². The molecule has 7 heteroatoms. The van der Waals surface area contributed by atoms with E-state index < -0.39 is 5.54 Å². The molecule has 0 aliphatic carbocycles. The Morgan fingerprint density at radius 2 is 1.65 bits per heavy atom. The highest BCUT2D eigenvalue weighted by Gasteiger charge is 2.38. The number of carbonyl (C=O) groups is 1. The largest absolute Gasteiger partial charge is 0.493 e. The first-order chi connectivity index (χ1) is 11.0. The van der Waals surface area contributed by atoms with Gasteiger partial charge in [0.15, 0.2) is 11.5 Å². The Kier molecular flexibility index (Phi) is 5.33. The predicted molar refractivity (Wildman–Crippen MR) is 86.5 cm³/mol. The second-order valence-electron chi connectivity index (χ2n) is 5.52. The Balaban J connectivity index is 2.34. The fourth-order valence-corrected chi connectivity index (χ4v) is 2.66. The highest BCUT2D eigenvalue weighted by Crippen LogP contribution is 2.41. The van der Waals surface area contributed by atoms with Crippen LogP contribution in [0.15, 0.2) is 12.1 Å². The molecule has 2 rings (SSSR count). The van der Waals surface area contributed by atoms with Crippen LogP contribution >= 0.6 is 0 Å². The smallest absolute Gasteiger partial charge is 0.246 e. The van der Waals surface area contributed by atoms with Gasteiger partial charge in [0.25, 0.3) is 0 Å². The predicted octanol–water partition coefficient (Wildman–Crippen LogP) is 1.18. The fourth-order valence-electron chi connectivity index (χ4n) is 2.66. The molecule has 1 aliphatic rings. The van der Waals surface area contributed by atoms with Crippen LogP contribution < -0.4 is 24.8 Å². The van der Waals surface area contributed by atoms with E-state index in [9.17, 15) is 4.79 Å². The van der Waals surface area contributed by atoms with Crippen LogP contribution in [-0.2, 0) is 9.53 Å². The molecule has 0 spiro atoms. The van der Waals surface area contributed by atoms with E-state index in [1.165, 1.54) is 26.2 Å². The topological polar surface area (TPSA) is 83.3 Å². The molecule has 1 fully saturated rings. The van der Waals surface area contributed by atoms with E-state index >= 15 is 0 Å². The van der Waals surface area contributed by atoms with Crippen LogP contribution in [-0.4, -0.2) is 53.0 Å². The highest BCUT2D eigenvalue weighted by molar-refractivity contribution is 6.00. The Morgan fingerprint density at radius 3 is 2.09 bits per heavy atom. The van der Waals surface area contributed by atoms with Gasteiger partial charge in [-0.3, -0.25) is 4.79 Å². The average Bonchev–Trinajstić information content (AvgIpc) is 2.59. The van der Waals surface area contributed by atoms with Crippen LogP contribution in [0.4, 0.5) is 5.69 Å². The highest BCUT2D eigenvalue weighted by atomic mass is 16.5. The number of rotatable bonds is 5. The number of likely N-dealkylation sites (N-methyl/N-ethyl adjacent to an activating group) is 1. The molecule has 0 saturated carbocycles. The molecular weight excluding hydrogens is 300 g/mol. The molecule has 0 atom stereocenters. The number of hydrogen-bond acceptors (Lipinski definition) is 6. The summed E-state index contributed by atoms with van der Waals surface area (Å²) in [5.41, 5.74) is 6.00. The summed E-state index contributed by atoms with van der Waals surface area (Å²) >= 11 is 0. The number of ether oxygens (including phenoxy) is 4. The number of benzene rings is 1. The lowest BCUT2D eigenvalue weighted by atomic mass is 9.89. The molecule has 1 aromatic rings. The summed E-state index contributed by atoms with van der Waals surface area (Å²) < 4.78 is 21.2. The Bertz CT molecular complexity index is 545. The monoisotopic (exact) mass is 324 g/mol. The maximum atomic E-state index is 12.8. The molecule has 7 nitrogen and oxygen atoms in total. The summed E-state index contributed by atoms with van der Waals surface area (Å²) in [6.07, 6.45) is 1.00. The van der Waals surface area contributed by atoms with Crippen LogP contribution in [0.2, 0.25) is 0 Å². The molecule has 1 aromatic carbocycles. The van der Waals surface area contributed by atoms with Crippen LogP contribution in [0.3, 0.4) is 0 Å². The number of amides is 1. The van der Waals surface area contributed by atoms with Crippen molar-refractivity contribution in [2.24, 2.45) is 5.73 Å². The molecule has 1 heterocycles. The fraction of sp³-hybridized carbons (Fsp3) is 0.562. The van der Waals surface area contributed by atoms with Crippen LogP contribution in [0.1, 0.15) is 12.8 Å². The van der Waals surface area contributed by atoms with Crippen molar-refractivity contribution in [1.82, 2.24) is 0 Å². The first kappa shape index (κ1) is 17.4. The Labute approximate surface area is 136 Å². The van der Waals surface area contributed by atoms with Crippen molar-refractivity contribution >= 4 is 11.6 Å². The molecule has 0 unspecified atom stereocenters. The quantitative estimate of drug-likeness (QED) is 0.876. The molecule has 0 bridgehead atoms. The van der Waals surface area contributed by atoms with E-state index in [1.54, 1.807) is 19.2 Å². The summed E-state index contributed by atoms with van der Waals surface area (Å²) in [5, 5.41) is 0. The van der Waals surface area contributed by atoms with Gasteiger partial charge in [0, 0.05) is 32.4 Å². The van der Waals surface area contributed by atoms with E-state index in [0.717, 1.165) is 0 Å². The summed E-state index contributed by atoms with van der Waals surface area (Å²) in [7, 11) is 6.29. The third kappa shape index (κ3) is 3.35. The summed E-state index contributed by atoms with van der Waals surface area (Å²) in [4.78, 5) is 14.3. The van der Waals surface area contributed by atoms with Gasteiger partial charge < -0.3 is 29.6 Å². The normalized spacial score (nSPS) is 16.6. The SMILES string of the molecule is COc1cc(N(C)C(=O)C2(N)CCOCC2)cc(OC)c1OC. The molecule has 128 valence electrons. The van der Waals surface area contributed by atoms with Crippen molar-refractivity contribution < 1.29 is 23.7 Å². The van der Waals surface area contributed by atoms with E-state index in [4.69, 9.17) is 24.7 Å². The molecule has 1 aliphatic heterocycles. The minimum Gasteiger partial charge on any atom is -0.493 e. The number of hydrogen-bond donors (Lipinski definition) is 1. The van der Waals surface area contributed by atoms with Crippen molar-refractivity contribution in [2.75, 3.05) is 46.5 Å². The maximum absolute atomic E-state index is 12.8. The van der Waals surface area contributed by atoms with E-state index in [1.807, 2.05) is 0 Å². The number of nitrogens with zero attached hydrogens (tertiary/aromatic N) is 1. The molecule has 2 N–H and O–H groups in total. The van der Waals surface area contributed by atoms with Gasteiger partial charge in [-0.1, -0.05) is 0 Å². The van der Waals surface area contributed by atoms with E-state index in [2.05, 4.69) is 0 Å². The first-order valence-corrected chi connectivity index (χ1v) is 7.41. The van der Waals surface area contributed by atoms with Crippen LogP contribution in [0.5, 0.6) is 17.2 Å². The van der Waals surface area contributed by atoms with Crippen LogP contribution in [0.25, 0.3) is 0 Å². The maximum Gasteiger partial charge on any atom is 0.246 e. The van der Waals surface area contributed by atoms with Gasteiger partial charge in [-0.05, 0) is 12.8 Å². The number of nitrogens with two attached hydrogens (primary N) is 1. The third-order valence-corrected chi connectivity index (χ3v) is 4.15. The van der Waals surface area contributed by atoms with Crippen molar-refractivity contribution in [2.45, 2.75) is 18.4 Å². The van der Waals surface area contributed by atoms with Gasteiger partial charge in [-0.2, -0.15) is 0 Å². The van der Waals surface area contributed by atoms with Crippen molar-refractivity contribution in [3.8, 4) is 17.2 Å². The third-order valence-electron chi connectivity index (χ3n) is 4.15. The molecule has 0 radical (unpaired) electrons. The second kappa shape index (κ2) is 7.06. The zero-order valence-corrected chi connectivity index (χ0v) is 14.0. The minimum absolute atomic E-state index is 0.157. The van der Waals surface area contributed by atoms with E-state index in [0.29, 0.717) is 49.0 Å². The van der Waals surface area contributed by atoms with Crippen molar-refractivity contribution in [3.05, 3.63) is 12.1 Å². The number of methoxy groups -OCH3 is 3. The molecule has 23 heavy (non-hydrogen) atoms. The van der Waals surface area contributed by atoms with Gasteiger partial charge in [-0.25, -0.2) is 0 Å². The minimum atomic E-state index is -0.909. The Hall–Kier alpha value is -1.99. The average molecular weight is 324 g/mol. The molecular formula is C16H24N2O5. The van der Waals surface area contributed by atoms with E-state index in [-0.39, 0.29) is 5.91 Å². The van der Waals surface area contributed by atoms with Crippen molar-refractivity contribution in [1.29, 1.82) is 0 Å². The lowest BCUT2D eigenvalue weighted by molar-refractivity contribution is -0.126. The zero-order chi connectivity index (χ0) is 17.0. The molecule has 0 aromatic heterocycles. The molecule has 1 saturated heterocycles. The lowest BCUT2D eigenvalue weighted by Gasteiger charge is -2.35. The zero-order valence-electron chi connectivity index (χ0n) is 14.0. The molecule has 1 amide bonds. The number of carbonyl (C=O) groups excluding carboxylic acids is 1. The number of anilines is 1. The van der Waals surface area contributed by atoms with Gasteiger partial charge >= 0.3 is 0 Å². The second-order valence-corrected chi connectivity index (χ2v) is 5.52. The Morgan fingerprint density at radius 1 is 1.13 bits per heavy atom. The lowest BCUT2D eigenvalue weighted by Crippen LogP contribution is -2.57. The van der Waals surface area contributed by atoms with Crippen molar-refractivity contribution in [3.63, 3.8) is 0 Å². The van der Waals surface area contributed by atoms with Gasteiger partial charge in [-0.15, -0.1) is 0 Å².